The summed E-state index contributed by atoms with van der Waals surface area (Å²) in [6, 6.07) is 22.7. The fraction of sp³-hybridized carbons (Fsp3) is 0.308. The Balaban J connectivity index is 1.61. The highest BCUT2D eigenvalue weighted by Crippen LogP contribution is 2.19. The van der Waals surface area contributed by atoms with Crippen LogP contribution < -0.4 is 9.88 Å². The van der Waals surface area contributed by atoms with E-state index in [0.29, 0.717) is 5.92 Å². The molecule has 0 saturated heterocycles. The summed E-state index contributed by atoms with van der Waals surface area (Å²) >= 11 is 0. The van der Waals surface area contributed by atoms with Crippen molar-refractivity contribution >= 4 is 27.7 Å². The average molecular weight is 417 g/mol. The molecule has 1 amide bonds. The quantitative estimate of drug-likeness (QED) is 0.431. The highest BCUT2D eigenvalue weighted by Gasteiger charge is 2.20. The molecule has 4 aromatic rings. The second kappa shape index (κ2) is 9.31. The number of fused-ring (bicyclic) bond motifs is 2. The van der Waals surface area contributed by atoms with Crippen molar-refractivity contribution in [1.82, 2.24) is 9.88 Å². The van der Waals surface area contributed by atoms with Crippen LogP contribution in [0.25, 0.3) is 21.8 Å². The first kappa shape index (κ1) is 21.1. The van der Waals surface area contributed by atoms with Crippen molar-refractivity contribution in [3.63, 3.8) is 0 Å². The van der Waals surface area contributed by atoms with Crippen LogP contribution in [0.4, 0.5) is 0 Å². The molecular weight excluding hydrogens is 386 g/mol. The van der Waals surface area contributed by atoms with Gasteiger partial charge < -0.3 is 10.4 Å². The van der Waals surface area contributed by atoms with Crippen LogP contribution >= 0.6 is 0 Å². The smallest absolute Gasteiger partial charge is 0.262 e. The summed E-state index contributed by atoms with van der Waals surface area (Å²) in [5, 5.41) is 15.0. The molecular formula is C26H30N3O2+. The Morgan fingerprint density at radius 2 is 1.77 bits per heavy atom. The predicted octanol–water partition coefficient (Wildman–Crippen LogP) is 3.65. The van der Waals surface area contributed by atoms with E-state index in [0.717, 1.165) is 24.0 Å². The normalized spacial score (nSPS) is 12.5. The third kappa shape index (κ3) is 4.78. The molecule has 0 aliphatic rings. The number of aliphatic hydroxyl groups is 1. The molecule has 0 saturated carbocycles. The fourth-order valence-electron chi connectivity index (χ4n) is 4.28. The van der Waals surface area contributed by atoms with Crippen molar-refractivity contribution in [3.05, 3.63) is 78.6 Å². The number of nitrogens with zero attached hydrogens (tertiary/aromatic N) is 2. The van der Waals surface area contributed by atoms with Crippen LogP contribution in [-0.2, 0) is 17.9 Å². The van der Waals surface area contributed by atoms with Gasteiger partial charge in [-0.05, 0) is 35.2 Å². The number of rotatable bonds is 8. The largest absolute Gasteiger partial charge is 0.394 e. The summed E-state index contributed by atoms with van der Waals surface area (Å²) in [7, 11) is 0. The summed E-state index contributed by atoms with van der Waals surface area (Å²) in [4.78, 5) is 12.7. The topological polar surface area (TPSA) is 58.1 Å². The summed E-state index contributed by atoms with van der Waals surface area (Å²) in [6.07, 6.45) is 2.78. The van der Waals surface area contributed by atoms with Gasteiger partial charge in [-0.1, -0.05) is 68.4 Å². The Labute approximate surface area is 182 Å². The van der Waals surface area contributed by atoms with Gasteiger partial charge in [-0.15, -0.1) is 0 Å². The first-order valence-electron chi connectivity index (χ1n) is 10.9. The number of aliphatic hydroxyl groups excluding tert-OH is 1. The molecule has 0 aliphatic heterocycles. The van der Waals surface area contributed by atoms with Gasteiger partial charge in [-0.25, -0.2) is 9.13 Å². The number of para-hydroxylation sites is 2. The molecule has 0 bridgehead atoms. The molecule has 0 spiro atoms. The van der Waals surface area contributed by atoms with Gasteiger partial charge in [0.2, 0.25) is 6.33 Å². The third-order valence-corrected chi connectivity index (χ3v) is 5.66. The number of nitrogens with one attached hydrogen (secondary N) is 1. The monoisotopic (exact) mass is 416 g/mol. The van der Waals surface area contributed by atoms with E-state index in [1.807, 2.05) is 29.1 Å². The molecule has 4 rings (SSSR count). The van der Waals surface area contributed by atoms with E-state index in [9.17, 15) is 9.90 Å². The zero-order valence-electron chi connectivity index (χ0n) is 18.2. The summed E-state index contributed by atoms with van der Waals surface area (Å²) < 4.78 is 4.18. The Bertz CT molecular complexity index is 1190. The first-order chi connectivity index (χ1) is 15.0. The Morgan fingerprint density at radius 1 is 1.03 bits per heavy atom. The second-order valence-electron chi connectivity index (χ2n) is 8.57. The number of amides is 1. The van der Waals surface area contributed by atoms with Gasteiger partial charge in [0.25, 0.3) is 5.91 Å². The molecule has 3 aromatic carbocycles. The van der Waals surface area contributed by atoms with Gasteiger partial charge >= 0.3 is 0 Å². The number of benzene rings is 3. The lowest BCUT2D eigenvalue weighted by molar-refractivity contribution is -0.663. The van der Waals surface area contributed by atoms with Crippen LogP contribution in [0.3, 0.4) is 0 Å². The fourth-order valence-corrected chi connectivity index (χ4v) is 4.28. The number of carbonyl (C=O) groups excluding carboxylic acids is 1. The van der Waals surface area contributed by atoms with E-state index in [1.54, 1.807) is 0 Å². The van der Waals surface area contributed by atoms with Crippen molar-refractivity contribution in [1.29, 1.82) is 0 Å². The predicted molar refractivity (Wildman–Crippen MR) is 124 cm³/mol. The van der Waals surface area contributed by atoms with Gasteiger partial charge in [-0.2, -0.15) is 0 Å². The van der Waals surface area contributed by atoms with Crippen LogP contribution in [0.15, 0.2) is 73.1 Å². The Morgan fingerprint density at radius 3 is 2.58 bits per heavy atom. The third-order valence-electron chi connectivity index (χ3n) is 5.66. The van der Waals surface area contributed by atoms with Crippen molar-refractivity contribution in [3.8, 4) is 0 Å². The zero-order chi connectivity index (χ0) is 21.8. The lowest BCUT2D eigenvalue weighted by Crippen LogP contribution is -2.40. The van der Waals surface area contributed by atoms with E-state index in [1.165, 1.54) is 16.3 Å². The molecule has 1 heterocycles. The number of aromatic nitrogens is 2. The van der Waals surface area contributed by atoms with Crippen LogP contribution in [0, 0.1) is 5.92 Å². The maximum Gasteiger partial charge on any atom is 0.262 e. The molecule has 0 radical (unpaired) electrons. The SMILES string of the molecule is CC(C)C[C@@H](CO)NC(=O)Cn1c[n+](Cc2cccc3ccccc23)c2ccccc21. The maximum absolute atomic E-state index is 12.7. The van der Waals surface area contributed by atoms with E-state index in [2.05, 4.69) is 72.3 Å². The molecule has 1 aromatic heterocycles. The van der Waals surface area contributed by atoms with Gasteiger partial charge in [0.15, 0.2) is 17.6 Å². The van der Waals surface area contributed by atoms with Gasteiger partial charge in [0.05, 0.1) is 12.6 Å². The van der Waals surface area contributed by atoms with E-state index < -0.39 is 0 Å². The van der Waals surface area contributed by atoms with Gasteiger partial charge in [-0.3, -0.25) is 4.79 Å². The maximum atomic E-state index is 12.7. The molecule has 5 heteroatoms. The minimum Gasteiger partial charge on any atom is -0.394 e. The molecule has 2 N–H and O–H groups in total. The van der Waals surface area contributed by atoms with Crippen LogP contribution in [0.2, 0.25) is 0 Å². The number of hydrogen-bond acceptors (Lipinski definition) is 2. The minimum absolute atomic E-state index is 0.0442. The molecule has 5 nitrogen and oxygen atoms in total. The zero-order valence-corrected chi connectivity index (χ0v) is 18.2. The Hall–Kier alpha value is -3.18. The molecule has 1 atom stereocenters. The van der Waals surface area contributed by atoms with Gasteiger partial charge in [0.1, 0.15) is 6.54 Å². The summed E-state index contributed by atoms with van der Waals surface area (Å²) in [6.45, 7) is 5.08. The van der Waals surface area contributed by atoms with Crippen LogP contribution in [-0.4, -0.2) is 28.2 Å². The minimum atomic E-state index is -0.211. The molecule has 0 unspecified atom stereocenters. The van der Waals surface area contributed by atoms with Crippen molar-refractivity contribution in [2.24, 2.45) is 5.92 Å². The highest BCUT2D eigenvalue weighted by atomic mass is 16.3. The van der Waals surface area contributed by atoms with E-state index in [-0.39, 0.29) is 25.1 Å². The first-order valence-corrected chi connectivity index (χ1v) is 10.9. The molecule has 160 valence electrons. The van der Waals surface area contributed by atoms with Crippen molar-refractivity contribution in [2.45, 2.75) is 39.4 Å². The number of hydrogen-bond donors (Lipinski definition) is 2. The lowest BCUT2D eigenvalue weighted by atomic mass is 10.0. The van der Waals surface area contributed by atoms with E-state index in [4.69, 9.17) is 0 Å². The standard InChI is InChI=1S/C26H29N3O2/c1-19(2)14-22(17-30)27-26(31)16-29-18-28(24-12-5-6-13-25(24)29)15-21-10-7-9-20-8-3-4-11-23(20)21/h3-13,18-19,22,30H,14-17H2,1-2H3/p+1/t22-/m0/s1. The number of carbonyl (C=O) groups is 1. The van der Waals surface area contributed by atoms with Crippen LogP contribution in [0.1, 0.15) is 25.8 Å². The van der Waals surface area contributed by atoms with Crippen molar-refractivity contribution in [2.75, 3.05) is 6.61 Å². The van der Waals surface area contributed by atoms with Crippen molar-refractivity contribution < 1.29 is 14.5 Å². The second-order valence-corrected chi connectivity index (χ2v) is 8.57. The Kier molecular flexibility index (Phi) is 6.33. The highest BCUT2D eigenvalue weighted by molar-refractivity contribution is 5.85. The molecule has 0 aliphatic carbocycles. The van der Waals surface area contributed by atoms with Crippen LogP contribution in [0.5, 0.6) is 0 Å². The number of imidazole rings is 1. The molecule has 31 heavy (non-hydrogen) atoms. The van der Waals surface area contributed by atoms with Gasteiger partial charge in [0, 0.05) is 5.56 Å². The van der Waals surface area contributed by atoms with E-state index >= 15 is 0 Å². The molecule has 0 fully saturated rings. The summed E-state index contributed by atoms with van der Waals surface area (Å²) in [5.41, 5.74) is 3.35. The lowest BCUT2D eigenvalue weighted by Gasteiger charge is -2.17. The summed E-state index contributed by atoms with van der Waals surface area (Å²) in [5.74, 6) is 0.325. The average Bonchev–Trinajstić information content (AvgIpc) is 3.10.